The molecule has 1 fully saturated rings. The van der Waals surface area contributed by atoms with Gasteiger partial charge in [-0.05, 0) is 6.92 Å². The Labute approximate surface area is 109 Å². The van der Waals surface area contributed by atoms with Gasteiger partial charge < -0.3 is 15.0 Å². The fourth-order valence-corrected chi connectivity index (χ4v) is 2.30. The highest BCUT2D eigenvalue weighted by molar-refractivity contribution is 7.92. The second-order valence-electron chi connectivity index (χ2n) is 4.55. The van der Waals surface area contributed by atoms with Crippen LogP contribution < -0.4 is 5.32 Å². The normalized spacial score (nSPS) is 21.7. The van der Waals surface area contributed by atoms with Gasteiger partial charge in [-0.25, -0.2) is 4.21 Å². The first-order valence-electron chi connectivity index (χ1n) is 5.83. The van der Waals surface area contributed by atoms with Gasteiger partial charge in [-0.3, -0.25) is 5.41 Å². The van der Waals surface area contributed by atoms with Crippen molar-refractivity contribution in [2.24, 2.45) is 4.36 Å². The van der Waals surface area contributed by atoms with Crippen molar-refractivity contribution in [1.82, 2.24) is 10.2 Å². The Kier molecular flexibility index (Phi) is 5.15. The molecule has 0 amide bonds. The molecule has 0 radical (unpaired) electrons. The van der Waals surface area contributed by atoms with Gasteiger partial charge >= 0.3 is 0 Å². The van der Waals surface area contributed by atoms with Crippen LogP contribution in [0.1, 0.15) is 6.92 Å². The van der Waals surface area contributed by atoms with E-state index in [1.807, 2.05) is 11.8 Å². The van der Waals surface area contributed by atoms with E-state index in [0.717, 1.165) is 0 Å². The summed E-state index contributed by atoms with van der Waals surface area (Å²) in [4.78, 5) is 1.95. The van der Waals surface area contributed by atoms with Crippen molar-refractivity contribution < 1.29 is 8.95 Å². The van der Waals surface area contributed by atoms with E-state index in [4.69, 9.17) is 10.1 Å². The maximum absolute atomic E-state index is 11.6. The fourth-order valence-electron chi connectivity index (χ4n) is 1.68. The van der Waals surface area contributed by atoms with Crippen LogP contribution in [0.4, 0.5) is 0 Å². The highest BCUT2D eigenvalue weighted by Crippen LogP contribution is 2.08. The number of rotatable bonds is 3. The van der Waals surface area contributed by atoms with Gasteiger partial charge in [0.05, 0.1) is 19.3 Å². The zero-order chi connectivity index (χ0) is 13.8. The molecule has 1 rings (SSSR count). The molecule has 1 heterocycles. The molecule has 6 nitrogen and oxygen atoms in total. The minimum absolute atomic E-state index is 0.174. The molecule has 0 unspecified atom stereocenters. The van der Waals surface area contributed by atoms with E-state index in [1.54, 1.807) is 25.6 Å². The highest BCUT2D eigenvalue weighted by Gasteiger charge is 2.20. The van der Waals surface area contributed by atoms with Gasteiger partial charge in [0, 0.05) is 41.9 Å². The summed E-state index contributed by atoms with van der Waals surface area (Å²) in [5.74, 6) is 0.830. The van der Waals surface area contributed by atoms with Crippen molar-refractivity contribution in [1.29, 1.82) is 5.41 Å². The number of hydrogen-bond donors (Lipinski definition) is 2. The Morgan fingerprint density at radius 2 is 2.28 bits per heavy atom. The molecule has 0 aromatic rings. The number of hydrogen-bond acceptors (Lipinski definition) is 5. The molecule has 0 saturated carbocycles. The number of nitrogens with zero attached hydrogens (tertiary/aromatic N) is 2. The molecule has 104 valence electrons. The summed E-state index contributed by atoms with van der Waals surface area (Å²) in [7, 11) is -0.516. The molecule has 7 heteroatoms. The number of ether oxygens (including phenoxy) is 1. The van der Waals surface area contributed by atoms with E-state index >= 15 is 0 Å². The van der Waals surface area contributed by atoms with Crippen LogP contribution in [0.3, 0.4) is 0 Å². The molecule has 0 spiro atoms. The molecule has 18 heavy (non-hydrogen) atoms. The summed E-state index contributed by atoms with van der Waals surface area (Å²) in [6.45, 7) is 3.97. The van der Waals surface area contributed by atoms with Gasteiger partial charge in [0.15, 0.2) is 0 Å². The van der Waals surface area contributed by atoms with Crippen molar-refractivity contribution in [2.75, 3.05) is 39.3 Å². The van der Waals surface area contributed by atoms with Crippen LogP contribution in [0.25, 0.3) is 0 Å². The van der Waals surface area contributed by atoms with E-state index in [-0.39, 0.29) is 6.04 Å². The van der Waals surface area contributed by atoms with Gasteiger partial charge in [0.25, 0.3) is 0 Å². The molecule has 0 aromatic carbocycles. The highest BCUT2D eigenvalue weighted by atomic mass is 32.2. The predicted molar refractivity (Wildman–Crippen MR) is 74.3 cm³/mol. The molecule has 0 aliphatic carbocycles. The third-order valence-electron chi connectivity index (χ3n) is 2.52. The lowest BCUT2D eigenvalue weighted by atomic mass is 10.2. The minimum atomic E-state index is -2.22. The van der Waals surface area contributed by atoms with Crippen LogP contribution in [-0.2, 0) is 14.5 Å². The van der Waals surface area contributed by atoms with Crippen molar-refractivity contribution in [3.63, 3.8) is 0 Å². The molecular weight excluding hydrogens is 252 g/mol. The standard InChI is InChI=1S/C11H22N4O2S/c1-9-8-17-6-5-15(9)10(12)7-11(13-2)14-18(3,4)16/h7,9,12-13H,5-6,8H2,1-4H3/b11-7+,12-10?/t9-/m1/s1. The van der Waals surface area contributed by atoms with Crippen LogP contribution in [0.15, 0.2) is 16.3 Å². The van der Waals surface area contributed by atoms with Crippen LogP contribution >= 0.6 is 0 Å². The number of morpholine rings is 1. The molecular formula is C11H22N4O2S. The summed E-state index contributed by atoms with van der Waals surface area (Å²) < 4.78 is 21.0. The van der Waals surface area contributed by atoms with E-state index < -0.39 is 9.73 Å². The van der Waals surface area contributed by atoms with E-state index in [9.17, 15) is 4.21 Å². The summed E-state index contributed by atoms with van der Waals surface area (Å²) >= 11 is 0. The Bertz CT molecular complexity index is 444. The quantitative estimate of drug-likeness (QED) is 0.579. The second kappa shape index (κ2) is 6.19. The number of nitrogens with one attached hydrogen (secondary N) is 2. The average Bonchev–Trinajstić information content (AvgIpc) is 2.26. The smallest absolute Gasteiger partial charge is 0.139 e. The van der Waals surface area contributed by atoms with Crippen molar-refractivity contribution >= 4 is 15.6 Å². The zero-order valence-corrected chi connectivity index (χ0v) is 12.2. The average molecular weight is 274 g/mol. The first-order chi connectivity index (χ1) is 8.33. The van der Waals surface area contributed by atoms with Crippen LogP contribution in [0.5, 0.6) is 0 Å². The summed E-state index contributed by atoms with van der Waals surface area (Å²) in [6, 6.07) is 0.174. The molecule has 1 aliphatic heterocycles. The molecule has 0 aromatic heterocycles. The van der Waals surface area contributed by atoms with E-state index in [2.05, 4.69) is 9.68 Å². The minimum Gasteiger partial charge on any atom is -0.377 e. The van der Waals surface area contributed by atoms with Crippen LogP contribution in [0.2, 0.25) is 0 Å². The van der Waals surface area contributed by atoms with Gasteiger partial charge in [-0.1, -0.05) is 0 Å². The number of amidine groups is 1. The van der Waals surface area contributed by atoms with Crippen LogP contribution in [-0.4, -0.2) is 60.3 Å². The largest absolute Gasteiger partial charge is 0.377 e. The lowest BCUT2D eigenvalue weighted by molar-refractivity contribution is 0.0333. The predicted octanol–water partition coefficient (Wildman–Crippen LogP) is 0.473. The fraction of sp³-hybridized carbons (Fsp3) is 0.727. The molecule has 1 aliphatic rings. The Morgan fingerprint density at radius 1 is 1.61 bits per heavy atom. The third-order valence-corrected chi connectivity index (χ3v) is 3.16. The molecule has 1 atom stereocenters. The van der Waals surface area contributed by atoms with Crippen molar-refractivity contribution in [3.05, 3.63) is 11.9 Å². The summed E-state index contributed by atoms with van der Waals surface area (Å²) in [5, 5.41) is 10.9. The van der Waals surface area contributed by atoms with E-state index in [1.165, 1.54) is 0 Å². The third kappa shape index (κ3) is 4.66. The molecule has 1 saturated heterocycles. The summed E-state index contributed by atoms with van der Waals surface area (Å²) in [6.07, 6.45) is 4.74. The van der Waals surface area contributed by atoms with Crippen molar-refractivity contribution in [3.8, 4) is 0 Å². The lowest BCUT2D eigenvalue weighted by Crippen LogP contribution is -2.46. The Hall–Kier alpha value is -1.08. The maximum Gasteiger partial charge on any atom is 0.139 e. The SMILES string of the molecule is CN/C(=C\C(=N)N1CCOC[C@H]1C)N=S(C)(C)=O. The van der Waals surface area contributed by atoms with Crippen molar-refractivity contribution in [2.45, 2.75) is 13.0 Å². The topological polar surface area (TPSA) is 77.8 Å². The van der Waals surface area contributed by atoms with Gasteiger partial charge in [0.1, 0.15) is 11.7 Å². The molecule has 0 bridgehead atoms. The lowest BCUT2D eigenvalue weighted by Gasteiger charge is -2.34. The Morgan fingerprint density at radius 3 is 2.78 bits per heavy atom. The first-order valence-corrected chi connectivity index (χ1v) is 8.16. The zero-order valence-electron chi connectivity index (χ0n) is 11.4. The maximum atomic E-state index is 11.6. The van der Waals surface area contributed by atoms with Gasteiger partial charge in [-0.2, -0.15) is 4.36 Å². The van der Waals surface area contributed by atoms with Crippen LogP contribution in [0, 0.1) is 5.41 Å². The summed E-state index contributed by atoms with van der Waals surface area (Å²) in [5.41, 5.74) is 0. The van der Waals surface area contributed by atoms with Gasteiger partial charge in [0.2, 0.25) is 0 Å². The monoisotopic (exact) mass is 274 g/mol. The second-order valence-corrected chi connectivity index (χ2v) is 7.10. The van der Waals surface area contributed by atoms with Gasteiger partial charge in [-0.15, -0.1) is 0 Å². The van der Waals surface area contributed by atoms with E-state index in [0.29, 0.717) is 31.4 Å². The Balaban J connectivity index is 2.86. The molecule has 2 N–H and O–H groups in total. The first kappa shape index (κ1) is 15.0.